The summed E-state index contributed by atoms with van der Waals surface area (Å²) in [5, 5.41) is 7.18. The van der Waals surface area contributed by atoms with Gasteiger partial charge in [0.25, 0.3) is 0 Å². The van der Waals surface area contributed by atoms with Crippen LogP contribution in [0.25, 0.3) is 0 Å². The van der Waals surface area contributed by atoms with Crippen molar-refractivity contribution in [2.45, 2.75) is 40.2 Å². The molecular formula is C16H18N2O4S. The molecule has 0 aromatic carbocycles. The number of nitrogens with one attached hydrogen (secondary N) is 1. The van der Waals surface area contributed by atoms with Gasteiger partial charge >= 0.3 is 5.97 Å². The van der Waals surface area contributed by atoms with Crippen molar-refractivity contribution in [3.05, 3.63) is 33.5 Å². The Morgan fingerprint density at radius 3 is 2.74 bits per heavy atom. The number of carbonyl (C=O) groups excluding carboxylic acids is 2. The summed E-state index contributed by atoms with van der Waals surface area (Å²) in [4.78, 5) is 25.4. The van der Waals surface area contributed by atoms with Gasteiger partial charge in [-0.15, -0.1) is 11.3 Å². The first-order chi connectivity index (χ1) is 11.0. The Kier molecular flexibility index (Phi) is 4.21. The highest BCUT2D eigenvalue weighted by Gasteiger charge is 2.31. The number of esters is 1. The van der Waals surface area contributed by atoms with Gasteiger partial charge in [0.15, 0.2) is 12.4 Å². The van der Waals surface area contributed by atoms with E-state index in [9.17, 15) is 9.59 Å². The number of hydrogen-bond donors (Lipinski definition) is 1. The molecule has 0 unspecified atom stereocenters. The SMILES string of the molecule is Cc1cc(COC(=O)c2c(NC(=O)C3CC3)sc(C)c2C)on1. The first kappa shape index (κ1) is 15.7. The van der Waals surface area contributed by atoms with Crippen molar-refractivity contribution in [2.75, 3.05) is 5.32 Å². The van der Waals surface area contributed by atoms with E-state index < -0.39 is 5.97 Å². The van der Waals surface area contributed by atoms with Crippen LogP contribution in [0.4, 0.5) is 5.00 Å². The highest BCUT2D eigenvalue weighted by molar-refractivity contribution is 7.16. The summed E-state index contributed by atoms with van der Waals surface area (Å²) in [5.74, 6) is 0.0842. The lowest BCUT2D eigenvalue weighted by Crippen LogP contribution is -2.15. The van der Waals surface area contributed by atoms with Crippen molar-refractivity contribution in [1.29, 1.82) is 0 Å². The molecule has 0 bridgehead atoms. The van der Waals surface area contributed by atoms with Crippen LogP contribution < -0.4 is 5.32 Å². The summed E-state index contributed by atoms with van der Waals surface area (Å²) < 4.78 is 10.3. The zero-order chi connectivity index (χ0) is 16.6. The molecule has 1 N–H and O–H groups in total. The second-order valence-electron chi connectivity index (χ2n) is 5.76. The molecule has 122 valence electrons. The number of aryl methyl sites for hydroxylation is 2. The molecule has 1 aliphatic carbocycles. The number of ether oxygens (including phenoxy) is 1. The van der Waals surface area contributed by atoms with E-state index in [0.29, 0.717) is 16.3 Å². The summed E-state index contributed by atoms with van der Waals surface area (Å²) in [7, 11) is 0. The van der Waals surface area contributed by atoms with Crippen molar-refractivity contribution in [2.24, 2.45) is 5.92 Å². The minimum Gasteiger partial charge on any atom is -0.454 e. The molecule has 7 heteroatoms. The maximum absolute atomic E-state index is 12.4. The standard InChI is InChI=1S/C16H18N2O4S/c1-8-6-12(22-18-8)7-21-16(20)13-9(2)10(3)23-15(13)17-14(19)11-4-5-11/h6,11H,4-5,7H2,1-3H3,(H,17,19). The van der Waals surface area contributed by atoms with Gasteiger partial charge in [-0.3, -0.25) is 4.79 Å². The highest BCUT2D eigenvalue weighted by atomic mass is 32.1. The van der Waals surface area contributed by atoms with Gasteiger partial charge in [0.1, 0.15) is 5.00 Å². The number of rotatable bonds is 5. The Balaban J connectivity index is 1.74. The molecule has 6 nitrogen and oxygen atoms in total. The van der Waals surface area contributed by atoms with E-state index in [0.717, 1.165) is 29.0 Å². The lowest BCUT2D eigenvalue weighted by Gasteiger charge is -2.07. The van der Waals surface area contributed by atoms with Crippen LogP contribution in [-0.2, 0) is 16.1 Å². The van der Waals surface area contributed by atoms with Crippen LogP contribution in [0.2, 0.25) is 0 Å². The number of aromatic nitrogens is 1. The zero-order valence-corrected chi connectivity index (χ0v) is 14.1. The Labute approximate surface area is 137 Å². The quantitative estimate of drug-likeness (QED) is 0.848. The number of amides is 1. The van der Waals surface area contributed by atoms with E-state index in [1.165, 1.54) is 11.3 Å². The molecule has 2 heterocycles. The lowest BCUT2D eigenvalue weighted by molar-refractivity contribution is -0.117. The Morgan fingerprint density at radius 1 is 1.39 bits per heavy atom. The maximum Gasteiger partial charge on any atom is 0.341 e. The van der Waals surface area contributed by atoms with Crippen LogP contribution in [0.5, 0.6) is 0 Å². The van der Waals surface area contributed by atoms with Gasteiger partial charge in [-0.05, 0) is 39.2 Å². The van der Waals surface area contributed by atoms with E-state index in [-0.39, 0.29) is 18.4 Å². The average molecular weight is 334 g/mol. The third-order valence-corrected chi connectivity index (χ3v) is 4.92. The second-order valence-corrected chi connectivity index (χ2v) is 6.99. The molecule has 0 aliphatic heterocycles. The first-order valence-corrected chi connectivity index (χ1v) is 8.27. The van der Waals surface area contributed by atoms with E-state index in [2.05, 4.69) is 10.5 Å². The maximum atomic E-state index is 12.4. The largest absolute Gasteiger partial charge is 0.454 e. The molecular weight excluding hydrogens is 316 g/mol. The molecule has 0 atom stereocenters. The average Bonchev–Trinajstić information content (AvgIpc) is 3.22. The number of carbonyl (C=O) groups is 2. The fourth-order valence-corrected chi connectivity index (χ4v) is 3.26. The van der Waals surface area contributed by atoms with Gasteiger partial charge < -0.3 is 14.6 Å². The predicted octanol–water partition coefficient (Wildman–Crippen LogP) is 3.37. The van der Waals surface area contributed by atoms with Gasteiger partial charge in [-0.25, -0.2) is 4.79 Å². The minimum absolute atomic E-state index is 0.0179. The van der Waals surface area contributed by atoms with Crippen LogP contribution in [0.15, 0.2) is 10.6 Å². The zero-order valence-electron chi connectivity index (χ0n) is 13.3. The van der Waals surface area contributed by atoms with Crippen molar-refractivity contribution in [1.82, 2.24) is 5.16 Å². The highest BCUT2D eigenvalue weighted by Crippen LogP contribution is 2.36. The van der Waals surface area contributed by atoms with Crippen molar-refractivity contribution in [3.63, 3.8) is 0 Å². The normalized spacial score (nSPS) is 13.9. The molecule has 2 aromatic heterocycles. The smallest absolute Gasteiger partial charge is 0.341 e. The molecule has 0 radical (unpaired) electrons. The van der Waals surface area contributed by atoms with Crippen LogP contribution in [0.3, 0.4) is 0 Å². The van der Waals surface area contributed by atoms with Gasteiger partial charge in [0.05, 0.1) is 11.3 Å². The third-order valence-electron chi connectivity index (χ3n) is 3.80. The molecule has 1 saturated carbocycles. The first-order valence-electron chi connectivity index (χ1n) is 7.46. The Bertz CT molecular complexity index is 758. The summed E-state index contributed by atoms with van der Waals surface area (Å²) >= 11 is 1.40. The topological polar surface area (TPSA) is 81.4 Å². The molecule has 23 heavy (non-hydrogen) atoms. The summed E-state index contributed by atoms with van der Waals surface area (Å²) in [6.45, 7) is 5.59. The van der Waals surface area contributed by atoms with Crippen molar-refractivity contribution >= 4 is 28.2 Å². The van der Waals surface area contributed by atoms with Crippen LogP contribution in [-0.4, -0.2) is 17.0 Å². The second kappa shape index (κ2) is 6.16. The monoisotopic (exact) mass is 334 g/mol. The van der Waals surface area contributed by atoms with E-state index in [4.69, 9.17) is 9.26 Å². The fraction of sp³-hybridized carbons (Fsp3) is 0.438. The predicted molar refractivity (Wildman–Crippen MR) is 85.5 cm³/mol. The molecule has 1 amide bonds. The van der Waals surface area contributed by atoms with Crippen molar-refractivity contribution < 1.29 is 18.8 Å². The summed E-state index contributed by atoms with van der Waals surface area (Å²) in [6.07, 6.45) is 1.83. The van der Waals surface area contributed by atoms with Gasteiger partial charge in [-0.1, -0.05) is 5.16 Å². The molecule has 2 aromatic rings. The number of thiophene rings is 1. The molecule has 0 spiro atoms. The van der Waals surface area contributed by atoms with E-state index in [1.807, 2.05) is 13.8 Å². The van der Waals surface area contributed by atoms with Gasteiger partial charge in [0.2, 0.25) is 5.91 Å². The van der Waals surface area contributed by atoms with Gasteiger partial charge in [0, 0.05) is 16.9 Å². The minimum atomic E-state index is -0.466. The lowest BCUT2D eigenvalue weighted by atomic mass is 10.1. The third kappa shape index (κ3) is 3.44. The fourth-order valence-electron chi connectivity index (χ4n) is 2.21. The van der Waals surface area contributed by atoms with Gasteiger partial charge in [-0.2, -0.15) is 0 Å². The number of hydrogen-bond acceptors (Lipinski definition) is 6. The van der Waals surface area contributed by atoms with Crippen LogP contribution in [0, 0.1) is 26.7 Å². The number of nitrogens with zero attached hydrogens (tertiary/aromatic N) is 1. The molecule has 3 rings (SSSR count). The summed E-state index contributed by atoms with van der Waals surface area (Å²) in [5.41, 5.74) is 1.99. The summed E-state index contributed by atoms with van der Waals surface area (Å²) in [6, 6.07) is 1.72. The number of anilines is 1. The van der Waals surface area contributed by atoms with Crippen molar-refractivity contribution in [3.8, 4) is 0 Å². The molecule has 1 fully saturated rings. The van der Waals surface area contributed by atoms with E-state index >= 15 is 0 Å². The molecule has 1 aliphatic rings. The van der Waals surface area contributed by atoms with Crippen LogP contribution >= 0.6 is 11.3 Å². The molecule has 0 saturated heterocycles. The van der Waals surface area contributed by atoms with E-state index in [1.54, 1.807) is 13.0 Å². The Hall–Kier alpha value is -2.15. The Morgan fingerprint density at radius 2 is 2.13 bits per heavy atom. The van der Waals surface area contributed by atoms with Crippen LogP contribution in [0.1, 0.15) is 45.1 Å².